The molecular weight excluding hydrogens is 525 g/mol. The number of pyridine rings is 1. The first-order valence-corrected chi connectivity index (χ1v) is 13.4. The Bertz CT molecular complexity index is 1380. The van der Waals surface area contributed by atoms with Crippen molar-refractivity contribution in [1.29, 1.82) is 0 Å². The van der Waals surface area contributed by atoms with Gasteiger partial charge in [-0.05, 0) is 61.8 Å². The van der Waals surface area contributed by atoms with Crippen LogP contribution in [0.5, 0.6) is 0 Å². The van der Waals surface area contributed by atoms with E-state index in [2.05, 4.69) is 17.2 Å². The Labute approximate surface area is 219 Å². The molecule has 0 radical (unpaired) electrons. The summed E-state index contributed by atoms with van der Waals surface area (Å²) in [5.74, 6) is -5.16. The Balaban J connectivity index is 1.35. The van der Waals surface area contributed by atoms with Crippen LogP contribution in [0.2, 0.25) is 5.02 Å². The molecule has 194 valence electrons. The molecule has 10 heteroatoms. The van der Waals surface area contributed by atoms with Gasteiger partial charge >= 0.3 is 0 Å². The highest BCUT2D eigenvalue weighted by molar-refractivity contribution is 7.85. The van der Waals surface area contributed by atoms with Crippen LogP contribution in [0, 0.1) is 42.1 Å². The van der Waals surface area contributed by atoms with Gasteiger partial charge in [-0.25, -0.2) is 13.2 Å². The van der Waals surface area contributed by atoms with Crippen molar-refractivity contribution >= 4 is 34.0 Å². The van der Waals surface area contributed by atoms with Gasteiger partial charge in [0.2, 0.25) is 0 Å². The number of amides is 1. The van der Waals surface area contributed by atoms with E-state index in [0.29, 0.717) is 25.0 Å². The Hall–Kier alpha value is -2.75. The molecule has 6 atom stereocenters. The molecule has 3 saturated carbocycles. The van der Waals surface area contributed by atoms with Crippen molar-refractivity contribution in [3.8, 4) is 0 Å². The average molecular weight is 549 g/mol. The second kappa shape index (κ2) is 9.53. The molecule has 2 N–H and O–H groups in total. The van der Waals surface area contributed by atoms with Gasteiger partial charge in [-0.1, -0.05) is 24.6 Å². The van der Waals surface area contributed by atoms with Gasteiger partial charge in [-0.15, -0.1) is 0 Å². The summed E-state index contributed by atoms with van der Waals surface area (Å²) in [6, 6.07) is 9.34. The number of aryl methyl sites for hydroxylation is 1. The molecule has 1 heterocycles. The minimum absolute atomic E-state index is 0.0782. The second-order valence-corrected chi connectivity index (χ2v) is 11.9. The smallest absolute Gasteiger partial charge is 0.255 e. The molecule has 3 aliphatic rings. The molecule has 1 aromatic heterocycles. The molecule has 0 aliphatic heterocycles. The molecule has 1 amide bonds. The van der Waals surface area contributed by atoms with E-state index < -0.39 is 39.8 Å². The zero-order valence-electron chi connectivity index (χ0n) is 20.0. The van der Waals surface area contributed by atoms with E-state index in [9.17, 15) is 27.3 Å². The van der Waals surface area contributed by atoms with Crippen molar-refractivity contribution in [2.75, 3.05) is 5.32 Å². The first-order valence-electron chi connectivity index (χ1n) is 11.8. The number of fused-ring (bicyclic) bond motifs is 2. The number of aromatic nitrogens is 1. The van der Waals surface area contributed by atoms with Crippen molar-refractivity contribution in [2.24, 2.45) is 17.8 Å². The number of hydrogen-bond acceptors (Lipinski definition) is 4. The highest BCUT2D eigenvalue weighted by Crippen LogP contribution is 2.63. The number of rotatable bonds is 5. The third kappa shape index (κ3) is 4.36. The fourth-order valence-electron chi connectivity index (χ4n) is 5.81. The number of hydrogen-bond donors (Lipinski definition) is 2. The summed E-state index contributed by atoms with van der Waals surface area (Å²) < 4.78 is 53.9. The number of aliphatic hydroxyl groups is 1. The number of nitrogens with one attached hydrogen (secondary N) is 1. The van der Waals surface area contributed by atoms with E-state index in [1.54, 1.807) is 6.20 Å². The van der Waals surface area contributed by atoms with E-state index in [4.69, 9.17) is 11.6 Å². The Morgan fingerprint density at radius 1 is 1.11 bits per heavy atom. The van der Waals surface area contributed by atoms with Gasteiger partial charge in [0, 0.05) is 46.1 Å². The summed E-state index contributed by atoms with van der Waals surface area (Å²) in [4.78, 5) is 17.3. The topological polar surface area (TPSA) is 79.3 Å². The van der Waals surface area contributed by atoms with Crippen LogP contribution in [0.3, 0.4) is 0 Å². The first kappa shape index (κ1) is 25.9. The summed E-state index contributed by atoms with van der Waals surface area (Å²) in [7, 11) is -1.57. The lowest BCUT2D eigenvalue weighted by Crippen LogP contribution is -2.64. The third-order valence-corrected chi connectivity index (χ3v) is 9.97. The minimum Gasteiger partial charge on any atom is -0.385 e. The Morgan fingerprint density at radius 2 is 1.76 bits per heavy atom. The predicted octanol–water partition coefficient (Wildman–Crippen LogP) is 5.75. The van der Waals surface area contributed by atoms with Crippen molar-refractivity contribution in [3.63, 3.8) is 0 Å². The van der Waals surface area contributed by atoms with Gasteiger partial charge in [0.1, 0.15) is 0 Å². The largest absolute Gasteiger partial charge is 0.385 e. The SMILES string of the molecule is Cc1ccc(C2(O)C3CC(S(=O)c4cc(C(=O)Nc5cc(F)c(F)c(F)c5)ccc4Cl)C[C@@H]2C3C)cn1. The summed E-state index contributed by atoms with van der Waals surface area (Å²) in [6.07, 6.45) is 2.72. The van der Waals surface area contributed by atoms with Gasteiger partial charge in [-0.3, -0.25) is 14.0 Å². The van der Waals surface area contributed by atoms with E-state index in [1.807, 2.05) is 19.1 Å². The summed E-state index contributed by atoms with van der Waals surface area (Å²) in [5, 5.41) is 13.8. The number of nitrogens with zero attached hydrogens (tertiary/aromatic N) is 1. The van der Waals surface area contributed by atoms with E-state index >= 15 is 0 Å². The highest BCUT2D eigenvalue weighted by atomic mass is 35.5. The Kier molecular flexibility index (Phi) is 6.66. The number of carbonyl (C=O) groups is 1. The zero-order chi connectivity index (χ0) is 26.6. The predicted molar refractivity (Wildman–Crippen MR) is 134 cm³/mol. The summed E-state index contributed by atoms with van der Waals surface area (Å²) in [6.45, 7) is 3.97. The number of anilines is 1. The molecule has 0 spiro atoms. The van der Waals surface area contributed by atoms with Crippen molar-refractivity contribution in [3.05, 3.63) is 88.0 Å². The van der Waals surface area contributed by atoms with Crippen LogP contribution in [-0.4, -0.2) is 25.5 Å². The molecule has 3 aliphatic carbocycles. The van der Waals surface area contributed by atoms with E-state index in [-0.39, 0.29) is 44.2 Å². The quantitative estimate of drug-likeness (QED) is 0.398. The molecule has 3 fully saturated rings. The van der Waals surface area contributed by atoms with Crippen LogP contribution in [-0.2, 0) is 16.4 Å². The van der Waals surface area contributed by atoms with Crippen LogP contribution in [0.1, 0.15) is 41.4 Å². The second-order valence-electron chi connectivity index (χ2n) is 9.83. The zero-order valence-corrected chi connectivity index (χ0v) is 21.5. The van der Waals surface area contributed by atoms with E-state index in [0.717, 1.165) is 11.3 Å². The van der Waals surface area contributed by atoms with Gasteiger partial charge in [0.15, 0.2) is 17.5 Å². The van der Waals surface area contributed by atoms with Crippen LogP contribution < -0.4 is 5.32 Å². The average Bonchev–Trinajstić information content (AvgIpc) is 2.88. The summed E-state index contributed by atoms with van der Waals surface area (Å²) in [5.41, 5.74) is 0.420. The summed E-state index contributed by atoms with van der Waals surface area (Å²) >= 11 is 6.35. The molecule has 37 heavy (non-hydrogen) atoms. The lowest BCUT2D eigenvalue weighted by molar-refractivity contribution is -0.225. The normalized spacial score (nSPS) is 27.3. The molecule has 2 bridgehead atoms. The molecule has 5 nitrogen and oxygen atoms in total. The number of carbonyl (C=O) groups excluding carboxylic acids is 1. The first-order chi connectivity index (χ1) is 17.5. The molecule has 6 rings (SSSR count). The van der Waals surface area contributed by atoms with Crippen LogP contribution in [0.25, 0.3) is 0 Å². The van der Waals surface area contributed by atoms with Gasteiger partial charge < -0.3 is 10.4 Å². The monoisotopic (exact) mass is 548 g/mol. The van der Waals surface area contributed by atoms with E-state index in [1.165, 1.54) is 18.2 Å². The molecule has 3 aromatic rings. The lowest BCUT2D eigenvalue weighted by Gasteiger charge is -2.63. The van der Waals surface area contributed by atoms with Crippen LogP contribution in [0.15, 0.2) is 53.6 Å². The molecule has 2 aromatic carbocycles. The highest BCUT2D eigenvalue weighted by Gasteiger charge is 2.64. The maximum Gasteiger partial charge on any atom is 0.255 e. The minimum atomic E-state index is -1.63. The molecule has 0 saturated heterocycles. The number of benzene rings is 2. The van der Waals surface area contributed by atoms with Crippen molar-refractivity contribution in [1.82, 2.24) is 4.98 Å². The van der Waals surface area contributed by atoms with Crippen LogP contribution >= 0.6 is 11.6 Å². The van der Waals surface area contributed by atoms with Crippen LogP contribution in [0.4, 0.5) is 18.9 Å². The number of halogens is 4. The fourth-order valence-corrected chi connectivity index (χ4v) is 7.78. The van der Waals surface area contributed by atoms with Gasteiger partial charge in [-0.2, -0.15) is 0 Å². The molecule has 5 unspecified atom stereocenters. The maximum absolute atomic E-state index is 13.6. The van der Waals surface area contributed by atoms with Crippen molar-refractivity contribution < 1.29 is 27.3 Å². The third-order valence-electron chi connectivity index (χ3n) is 7.76. The molecular formula is C27H24ClF3N2O3S. The fraction of sp³-hybridized carbons (Fsp3) is 0.333. The Morgan fingerprint density at radius 3 is 2.35 bits per heavy atom. The van der Waals surface area contributed by atoms with Crippen molar-refractivity contribution in [2.45, 2.75) is 42.4 Å². The lowest BCUT2D eigenvalue weighted by atomic mass is 9.46. The maximum atomic E-state index is 13.6. The standard InChI is InChI=1S/C27H24ClF3N2O3S/c1-13-3-5-16(12-32-13)27(35)19-10-18(11-20(27)14(19)2)37(36)24-7-15(4-6-21(24)28)26(34)33-17-8-22(29)25(31)23(30)9-17/h3-9,12,14,18-20,35H,10-11H2,1-2H3,(H,33,34)/t14?,18?,19-,20?,27?,37?/m1/s1. The van der Waals surface area contributed by atoms with Gasteiger partial charge in [0.25, 0.3) is 5.91 Å². The van der Waals surface area contributed by atoms with Gasteiger partial charge in [0.05, 0.1) is 26.3 Å².